The monoisotopic (exact) mass is 459 g/mol. The van der Waals surface area contributed by atoms with Crippen LogP contribution in [0.4, 0.5) is 5.69 Å². The van der Waals surface area contributed by atoms with E-state index in [4.69, 9.17) is 4.74 Å². The smallest absolute Gasteiger partial charge is 0.338 e. The molecule has 1 saturated heterocycles. The molecule has 0 unspecified atom stereocenters. The van der Waals surface area contributed by atoms with Crippen LogP contribution < -0.4 is 5.32 Å². The highest BCUT2D eigenvalue weighted by Crippen LogP contribution is 2.31. The minimum absolute atomic E-state index is 0.165. The summed E-state index contributed by atoms with van der Waals surface area (Å²) in [6.07, 6.45) is 1.88. The van der Waals surface area contributed by atoms with Gasteiger partial charge in [0.1, 0.15) is 0 Å². The van der Waals surface area contributed by atoms with Gasteiger partial charge in [0.15, 0.2) is 5.17 Å². The molecular formula is C26H25N3O3S. The van der Waals surface area contributed by atoms with E-state index < -0.39 is 0 Å². The van der Waals surface area contributed by atoms with Gasteiger partial charge in [-0.3, -0.25) is 4.79 Å². The maximum atomic E-state index is 12.6. The largest absolute Gasteiger partial charge is 0.462 e. The maximum absolute atomic E-state index is 12.6. The third kappa shape index (κ3) is 4.78. The van der Waals surface area contributed by atoms with Gasteiger partial charge < -0.3 is 14.6 Å². The minimum atomic E-state index is -0.344. The predicted molar refractivity (Wildman–Crippen MR) is 133 cm³/mol. The normalized spacial score (nSPS) is 15.8. The maximum Gasteiger partial charge on any atom is 0.338 e. The van der Waals surface area contributed by atoms with Crippen LogP contribution in [0, 0.1) is 20.8 Å². The van der Waals surface area contributed by atoms with Crippen LogP contribution in [0.3, 0.4) is 0 Å². The molecule has 0 saturated carbocycles. The van der Waals surface area contributed by atoms with E-state index in [2.05, 4.69) is 14.9 Å². The van der Waals surface area contributed by atoms with Crippen molar-refractivity contribution in [3.63, 3.8) is 0 Å². The van der Waals surface area contributed by atoms with Gasteiger partial charge in [-0.1, -0.05) is 24.3 Å². The summed E-state index contributed by atoms with van der Waals surface area (Å²) in [6, 6.07) is 17.2. The molecule has 1 aromatic heterocycles. The van der Waals surface area contributed by atoms with Crippen LogP contribution in [0.5, 0.6) is 0 Å². The molecule has 1 N–H and O–H groups in total. The fourth-order valence-electron chi connectivity index (χ4n) is 3.74. The van der Waals surface area contributed by atoms with Crippen molar-refractivity contribution >= 4 is 40.6 Å². The average Bonchev–Trinajstić information content (AvgIpc) is 3.27. The van der Waals surface area contributed by atoms with E-state index in [0.717, 1.165) is 33.9 Å². The van der Waals surface area contributed by atoms with Gasteiger partial charge >= 0.3 is 5.97 Å². The van der Waals surface area contributed by atoms with Crippen molar-refractivity contribution in [1.29, 1.82) is 0 Å². The number of carbonyl (C=O) groups is 2. The summed E-state index contributed by atoms with van der Waals surface area (Å²) < 4.78 is 7.19. The van der Waals surface area contributed by atoms with Crippen LogP contribution in [0.25, 0.3) is 11.8 Å². The molecule has 4 rings (SSSR count). The molecule has 1 aliphatic rings. The Kier molecular flexibility index (Phi) is 6.51. The first-order valence-corrected chi connectivity index (χ1v) is 11.5. The molecule has 0 bridgehead atoms. The second kappa shape index (κ2) is 9.50. The number of ether oxygens (including phenoxy) is 1. The van der Waals surface area contributed by atoms with Gasteiger partial charge in [-0.15, -0.1) is 0 Å². The number of para-hydroxylation sites is 1. The lowest BCUT2D eigenvalue weighted by atomic mass is 10.2. The van der Waals surface area contributed by atoms with Crippen LogP contribution in [-0.4, -0.2) is 28.2 Å². The molecule has 0 atom stereocenters. The quantitative estimate of drug-likeness (QED) is 0.406. The van der Waals surface area contributed by atoms with Crippen LogP contribution in [0.15, 0.2) is 64.5 Å². The fourth-order valence-corrected chi connectivity index (χ4v) is 4.56. The molecule has 1 amide bonds. The Labute approximate surface area is 197 Å². The summed E-state index contributed by atoms with van der Waals surface area (Å²) >= 11 is 1.33. The zero-order valence-electron chi connectivity index (χ0n) is 19.0. The molecule has 6 nitrogen and oxygen atoms in total. The summed E-state index contributed by atoms with van der Waals surface area (Å²) in [7, 11) is 0. The number of amidine groups is 1. The Morgan fingerprint density at radius 3 is 2.67 bits per heavy atom. The highest BCUT2D eigenvalue weighted by molar-refractivity contribution is 8.18. The van der Waals surface area contributed by atoms with Gasteiger partial charge in [0.05, 0.1) is 22.8 Å². The minimum Gasteiger partial charge on any atom is -0.462 e. The first kappa shape index (κ1) is 22.6. The van der Waals surface area contributed by atoms with Gasteiger partial charge in [0.25, 0.3) is 5.91 Å². The number of amides is 1. The number of rotatable bonds is 5. The molecule has 33 heavy (non-hydrogen) atoms. The Balaban J connectivity index is 1.64. The number of hydrogen-bond acceptors (Lipinski definition) is 5. The van der Waals surface area contributed by atoms with Crippen LogP contribution in [0.1, 0.15) is 39.8 Å². The summed E-state index contributed by atoms with van der Waals surface area (Å²) in [6.45, 7) is 8.10. The zero-order chi connectivity index (χ0) is 23.5. The average molecular weight is 460 g/mol. The van der Waals surface area contributed by atoms with Crippen LogP contribution >= 0.6 is 11.8 Å². The third-order valence-electron chi connectivity index (χ3n) is 5.36. The van der Waals surface area contributed by atoms with E-state index in [9.17, 15) is 9.59 Å². The number of thioether (sulfide) groups is 1. The number of nitrogens with one attached hydrogen (secondary N) is 1. The second-order valence-corrected chi connectivity index (χ2v) is 8.73. The lowest BCUT2D eigenvalue weighted by Crippen LogP contribution is -2.19. The van der Waals surface area contributed by atoms with Gasteiger partial charge in [-0.2, -0.15) is 0 Å². The summed E-state index contributed by atoms with van der Waals surface area (Å²) in [5, 5.41) is 3.42. The predicted octanol–water partition coefficient (Wildman–Crippen LogP) is 5.47. The van der Waals surface area contributed by atoms with E-state index in [1.807, 2.05) is 75.4 Å². The van der Waals surface area contributed by atoms with Crippen molar-refractivity contribution in [1.82, 2.24) is 9.88 Å². The number of aliphatic imine (C=N–C) groups is 1. The third-order valence-corrected chi connectivity index (χ3v) is 6.27. The molecule has 1 aliphatic heterocycles. The first-order valence-electron chi connectivity index (χ1n) is 10.7. The van der Waals surface area contributed by atoms with Crippen molar-refractivity contribution in [3.8, 4) is 5.69 Å². The summed E-state index contributed by atoms with van der Waals surface area (Å²) in [5.74, 6) is -0.509. The van der Waals surface area contributed by atoms with Gasteiger partial charge in [0.2, 0.25) is 0 Å². The SMILES string of the molecule is CCOC(=O)c1cccc(-n2c(C)cc(/C=C3\SC(=Nc4ccccc4C)NC3=O)c2C)c1. The van der Waals surface area contributed by atoms with Crippen molar-refractivity contribution in [2.24, 2.45) is 4.99 Å². The molecule has 0 aliphatic carbocycles. The lowest BCUT2D eigenvalue weighted by Gasteiger charge is -2.11. The summed E-state index contributed by atoms with van der Waals surface area (Å²) in [4.78, 5) is 29.9. The van der Waals surface area contributed by atoms with Crippen molar-refractivity contribution in [2.75, 3.05) is 6.61 Å². The van der Waals surface area contributed by atoms with Gasteiger partial charge in [-0.25, -0.2) is 9.79 Å². The van der Waals surface area contributed by atoms with Crippen molar-refractivity contribution < 1.29 is 14.3 Å². The number of aromatic nitrogens is 1. The van der Waals surface area contributed by atoms with Crippen LogP contribution in [0.2, 0.25) is 0 Å². The fraction of sp³-hybridized carbons (Fsp3) is 0.192. The summed E-state index contributed by atoms with van der Waals surface area (Å²) in [5.41, 5.74) is 6.15. The number of hydrogen-bond donors (Lipinski definition) is 1. The Bertz CT molecular complexity index is 1300. The number of carbonyl (C=O) groups excluding carboxylic acids is 2. The van der Waals surface area contributed by atoms with E-state index >= 15 is 0 Å². The van der Waals surface area contributed by atoms with Gasteiger partial charge in [-0.05, 0) is 87.0 Å². The van der Waals surface area contributed by atoms with Crippen molar-refractivity contribution in [2.45, 2.75) is 27.7 Å². The molecule has 3 aromatic rings. The molecule has 7 heteroatoms. The molecule has 0 spiro atoms. The van der Waals surface area contributed by atoms with E-state index in [0.29, 0.717) is 22.2 Å². The Hall–Kier alpha value is -3.58. The number of esters is 1. The molecule has 2 aromatic carbocycles. The molecular weight excluding hydrogens is 434 g/mol. The highest BCUT2D eigenvalue weighted by Gasteiger charge is 2.25. The van der Waals surface area contributed by atoms with E-state index in [1.54, 1.807) is 13.0 Å². The van der Waals surface area contributed by atoms with E-state index in [-0.39, 0.29) is 11.9 Å². The Morgan fingerprint density at radius 1 is 1.12 bits per heavy atom. The van der Waals surface area contributed by atoms with Crippen LogP contribution in [-0.2, 0) is 9.53 Å². The van der Waals surface area contributed by atoms with E-state index in [1.165, 1.54) is 11.8 Å². The zero-order valence-corrected chi connectivity index (χ0v) is 19.8. The number of nitrogens with zero attached hydrogens (tertiary/aromatic N) is 2. The molecule has 1 fully saturated rings. The first-order chi connectivity index (χ1) is 15.9. The standard InChI is InChI=1S/C26H25N3O3S/c1-5-32-25(31)19-10-8-11-21(14-19)29-17(3)13-20(18(29)4)15-23-24(30)28-26(33-23)27-22-12-7-6-9-16(22)2/h6-15H,5H2,1-4H3,(H,27,28,30)/b23-15-. The Morgan fingerprint density at radius 2 is 1.91 bits per heavy atom. The molecule has 2 heterocycles. The number of aryl methyl sites for hydroxylation is 2. The van der Waals surface area contributed by atoms with Crippen molar-refractivity contribution in [3.05, 3.63) is 87.6 Å². The second-order valence-electron chi connectivity index (χ2n) is 7.70. The highest BCUT2D eigenvalue weighted by atomic mass is 32.2. The van der Waals surface area contributed by atoms with Gasteiger partial charge in [0, 0.05) is 17.1 Å². The number of benzene rings is 2. The topological polar surface area (TPSA) is 72.7 Å². The molecule has 168 valence electrons. The lowest BCUT2D eigenvalue weighted by molar-refractivity contribution is -0.115. The molecule has 0 radical (unpaired) electrons.